The summed E-state index contributed by atoms with van der Waals surface area (Å²) in [7, 11) is 0. The molecule has 0 saturated carbocycles. The van der Waals surface area contributed by atoms with Gasteiger partial charge in [-0.3, -0.25) is 4.98 Å². The van der Waals surface area contributed by atoms with Gasteiger partial charge < -0.3 is 5.73 Å². The van der Waals surface area contributed by atoms with Crippen LogP contribution in [0.4, 0.5) is 0 Å². The highest BCUT2D eigenvalue weighted by atomic mass is 35.5. The summed E-state index contributed by atoms with van der Waals surface area (Å²) in [6.07, 6.45) is 1.90. The first-order valence-corrected chi connectivity index (χ1v) is 4.40. The van der Waals surface area contributed by atoms with E-state index in [-0.39, 0.29) is 18.4 Å². The van der Waals surface area contributed by atoms with Gasteiger partial charge in [-0.2, -0.15) is 0 Å². The molecular formula is C10H17ClN2. The van der Waals surface area contributed by atoms with Crippen LogP contribution < -0.4 is 5.73 Å². The number of hydrogen-bond donors (Lipinski definition) is 1. The van der Waals surface area contributed by atoms with Crippen LogP contribution in [-0.4, -0.2) is 11.0 Å². The highest BCUT2D eigenvalue weighted by Crippen LogP contribution is 2.02. The maximum absolute atomic E-state index is 5.82. The Hall–Kier alpha value is -0.600. The molecule has 1 heterocycles. The van der Waals surface area contributed by atoms with Gasteiger partial charge in [-0.15, -0.1) is 12.4 Å². The molecular weight excluding hydrogens is 184 g/mol. The Labute approximate surface area is 86.0 Å². The van der Waals surface area contributed by atoms with Crippen molar-refractivity contribution in [3.63, 3.8) is 0 Å². The summed E-state index contributed by atoms with van der Waals surface area (Å²) in [5, 5.41) is 0. The van der Waals surface area contributed by atoms with Crippen molar-refractivity contribution in [2.75, 3.05) is 0 Å². The van der Waals surface area contributed by atoms with E-state index in [2.05, 4.69) is 11.9 Å². The van der Waals surface area contributed by atoms with Crippen LogP contribution in [0.25, 0.3) is 0 Å². The van der Waals surface area contributed by atoms with Gasteiger partial charge in [-0.25, -0.2) is 0 Å². The second-order valence-electron chi connectivity index (χ2n) is 3.14. The minimum Gasteiger partial charge on any atom is -0.327 e. The third kappa shape index (κ3) is 4.25. The van der Waals surface area contributed by atoms with Crippen molar-refractivity contribution in [2.45, 2.75) is 32.7 Å². The minimum absolute atomic E-state index is 0. The van der Waals surface area contributed by atoms with Crippen molar-refractivity contribution >= 4 is 12.4 Å². The van der Waals surface area contributed by atoms with Gasteiger partial charge in [0.2, 0.25) is 0 Å². The fourth-order valence-corrected chi connectivity index (χ4v) is 1.13. The van der Waals surface area contributed by atoms with E-state index in [9.17, 15) is 0 Å². The molecule has 1 unspecified atom stereocenters. The van der Waals surface area contributed by atoms with E-state index in [0.29, 0.717) is 0 Å². The highest BCUT2D eigenvalue weighted by Gasteiger charge is 2.01. The summed E-state index contributed by atoms with van der Waals surface area (Å²) < 4.78 is 0. The van der Waals surface area contributed by atoms with Gasteiger partial charge in [0.05, 0.1) is 0 Å². The summed E-state index contributed by atoms with van der Waals surface area (Å²) in [6, 6.07) is 6.31. The summed E-state index contributed by atoms with van der Waals surface area (Å²) in [5.41, 5.74) is 7.98. The second-order valence-corrected chi connectivity index (χ2v) is 3.14. The van der Waals surface area contributed by atoms with Crippen LogP contribution in [-0.2, 0) is 6.42 Å². The molecule has 0 radical (unpaired) electrons. The van der Waals surface area contributed by atoms with E-state index in [1.165, 1.54) is 0 Å². The zero-order valence-corrected chi connectivity index (χ0v) is 8.97. The van der Waals surface area contributed by atoms with Gasteiger partial charge in [0.1, 0.15) is 0 Å². The van der Waals surface area contributed by atoms with Crippen LogP contribution in [0.2, 0.25) is 0 Å². The number of aromatic nitrogens is 1. The Balaban J connectivity index is 0.00000144. The molecule has 1 aromatic rings. The number of nitrogens with zero attached hydrogens (tertiary/aromatic N) is 1. The largest absolute Gasteiger partial charge is 0.327 e. The van der Waals surface area contributed by atoms with E-state index >= 15 is 0 Å². The molecule has 1 rings (SSSR count). The topological polar surface area (TPSA) is 38.9 Å². The lowest BCUT2D eigenvalue weighted by Gasteiger charge is -2.07. The molecule has 0 bridgehead atoms. The fraction of sp³-hybridized carbons (Fsp3) is 0.500. The fourth-order valence-electron chi connectivity index (χ4n) is 1.13. The van der Waals surface area contributed by atoms with E-state index in [4.69, 9.17) is 5.73 Å². The SMILES string of the molecule is CCC(N)Cc1cccc(C)n1.Cl. The molecule has 0 aromatic carbocycles. The van der Waals surface area contributed by atoms with Crippen molar-refractivity contribution in [3.05, 3.63) is 29.6 Å². The number of halogens is 1. The normalized spacial score (nSPS) is 11.9. The van der Waals surface area contributed by atoms with E-state index in [0.717, 1.165) is 24.2 Å². The molecule has 0 aliphatic carbocycles. The van der Waals surface area contributed by atoms with Gasteiger partial charge in [0, 0.05) is 23.9 Å². The predicted octanol–water partition coefficient (Wildman–Crippen LogP) is 2.09. The Morgan fingerprint density at radius 1 is 1.46 bits per heavy atom. The summed E-state index contributed by atoms with van der Waals surface area (Å²) in [6.45, 7) is 4.10. The summed E-state index contributed by atoms with van der Waals surface area (Å²) >= 11 is 0. The maximum Gasteiger partial charge on any atom is 0.0422 e. The third-order valence-electron chi connectivity index (χ3n) is 1.94. The average molecular weight is 201 g/mol. The number of hydrogen-bond acceptors (Lipinski definition) is 2. The van der Waals surface area contributed by atoms with Crippen LogP contribution >= 0.6 is 12.4 Å². The maximum atomic E-state index is 5.82. The molecule has 1 aromatic heterocycles. The van der Waals surface area contributed by atoms with Gasteiger partial charge in [0.25, 0.3) is 0 Å². The van der Waals surface area contributed by atoms with Crippen molar-refractivity contribution in [1.82, 2.24) is 4.98 Å². The monoisotopic (exact) mass is 200 g/mol. The van der Waals surface area contributed by atoms with Crippen molar-refractivity contribution in [1.29, 1.82) is 0 Å². The highest BCUT2D eigenvalue weighted by molar-refractivity contribution is 5.85. The van der Waals surface area contributed by atoms with Crippen LogP contribution in [0.5, 0.6) is 0 Å². The second kappa shape index (κ2) is 5.95. The Bertz CT molecular complexity index is 250. The molecule has 0 aliphatic heterocycles. The lowest BCUT2D eigenvalue weighted by molar-refractivity contribution is 0.636. The summed E-state index contributed by atoms with van der Waals surface area (Å²) in [5.74, 6) is 0. The number of aryl methyl sites for hydroxylation is 1. The molecule has 0 aliphatic rings. The lowest BCUT2D eigenvalue weighted by atomic mass is 10.1. The smallest absolute Gasteiger partial charge is 0.0422 e. The Kier molecular flexibility index (Phi) is 5.67. The molecule has 3 heteroatoms. The van der Waals surface area contributed by atoms with Crippen molar-refractivity contribution in [2.24, 2.45) is 5.73 Å². The molecule has 0 spiro atoms. The molecule has 0 amide bonds. The Morgan fingerprint density at radius 3 is 2.69 bits per heavy atom. The zero-order chi connectivity index (χ0) is 8.97. The lowest BCUT2D eigenvalue weighted by Crippen LogP contribution is -2.21. The van der Waals surface area contributed by atoms with Gasteiger partial charge >= 0.3 is 0 Å². The van der Waals surface area contributed by atoms with E-state index < -0.39 is 0 Å². The molecule has 1 atom stereocenters. The standard InChI is InChI=1S/C10H16N2.ClH/c1-3-9(11)7-10-6-4-5-8(2)12-10;/h4-6,9H,3,7,11H2,1-2H3;1H. The van der Waals surface area contributed by atoms with Crippen LogP contribution in [0, 0.1) is 6.92 Å². The van der Waals surface area contributed by atoms with Crippen molar-refractivity contribution < 1.29 is 0 Å². The third-order valence-corrected chi connectivity index (χ3v) is 1.94. The quantitative estimate of drug-likeness (QED) is 0.812. The average Bonchev–Trinajstić information content (AvgIpc) is 2.04. The van der Waals surface area contributed by atoms with Crippen LogP contribution in [0.15, 0.2) is 18.2 Å². The van der Waals surface area contributed by atoms with Gasteiger partial charge in [-0.1, -0.05) is 13.0 Å². The zero-order valence-electron chi connectivity index (χ0n) is 8.16. The first-order valence-electron chi connectivity index (χ1n) is 4.40. The van der Waals surface area contributed by atoms with Crippen molar-refractivity contribution in [3.8, 4) is 0 Å². The Morgan fingerprint density at radius 2 is 2.15 bits per heavy atom. The first kappa shape index (κ1) is 12.4. The number of pyridine rings is 1. The number of nitrogens with two attached hydrogens (primary N) is 1. The molecule has 2 nitrogen and oxygen atoms in total. The molecule has 13 heavy (non-hydrogen) atoms. The van der Waals surface area contributed by atoms with E-state index in [1.54, 1.807) is 0 Å². The minimum atomic E-state index is 0. The number of rotatable bonds is 3. The van der Waals surface area contributed by atoms with Crippen LogP contribution in [0.1, 0.15) is 24.7 Å². The predicted molar refractivity (Wildman–Crippen MR) is 58.2 cm³/mol. The van der Waals surface area contributed by atoms with Crippen LogP contribution in [0.3, 0.4) is 0 Å². The van der Waals surface area contributed by atoms with Gasteiger partial charge in [-0.05, 0) is 25.5 Å². The molecule has 74 valence electrons. The molecule has 2 N–H and O–H groups in total. The molecule has 0 fully saturated rings. The molecule has 0 saturated heterocycles. The van der Waals surface area contributed by atoms with Gasteiger partial charge in [0.15, 0.2) is 0 Å². The van der Waals surface area contributed by atoms with E-state index in [1.807, 2.05) is 25.1 Å². The summed E-state index contributed by atoms with van der Waals surface area (Å²) in [4.78, 5) is 4.38. The first-order chi connectivity index (χ1) is 5.72.